The summed E-state index contributed by atoms with van der Waals surface area (Å²) in [7, 11) is 2.08. The van der Waals surface area contributed by atoms with E-state index in [1.807, 2.05) is 36.4 Å². The second kappa shape index (κ2) is 9.39. The molecule has 1 aliphatic rings. The molecule has 7 heteroatoms. The topological polar surface area (TPSA) is 90.7 Å². The number of benzene rings is 2. The summed E-state index contributed by atoms with van der Waals surface area (Å²) in [6, 6.07) is 13.7. The van der Waals surface area contributed by atoms with Crippen molar-refractivity contribution in [1.29, 1.82) is 0 Å². The summed E-state index contributed by atoms with van der Waals surface area (Å²) in [5.41, 5.74) is 1.38. The van der Waals surface area contributed by atoms with Crippen molar-refractivity contribution in [2.75, 3.05) is 25.2 Å². The van der Waals surface area contributed by atoms with E-state index in [0.29, 0.717) is 36.1 Å². The quantitative estimate of drug-likeness (QED) is 0.443. The number of rotatable bonds is 7. The lowest BCUT2D eigenvalue weighted by Gasteiger charge is -2.49. The van der Waals surface area contributed by atoms with Gasteiger partial charge in [-0.3, -0.25) is 0 Å². The van der Waals surface area contributed by atoms with Crippen LogP contribution in [0.4, 0.5) is 5.82 Å². The van der Waals surface area contributed by atoms with Gasteiger partial charge in [0.1, 0.15) is 11.5 Å². The number of aromatic nitrogens is 2. The first-order valence-electron chi connectivity index (χ1n) is 11.9. The Balaban J connectivity index is 1.54. The van der Waals surface area contributed by atoms with E-state index in [1.165, 1.54) is 0 Å². The van der Waals surface area contributed by atoms with Gasteiger partial charge in [0.05, 0.1) is 12.3 Å². The molecule has 7 nitrogen and oxygen atoms in total. The fourth-order valence-electron chi connectivity index (χ4n) is 5.20. The Hall–Kier alpha value is -2.90. The molecule has 182 valence electrons. The standard InChI is InChI=1S/C27H36N4O3/c1-26(2)16-20(17-27(3,4)30-26)31(5)25-10-9-23(28-29-25)22-14-18-7-8-21(34-12-6-11-32)13-19(18)15-24(22)33/h7-10,13-15,20,30,32-33H,6,11-12,16-17H2,1-5H3. The van der Waals surface area contributed by atoms with Gasteiger partial charge in [0.25, 0.3) is 0 Å². The average Bonchev–Trinajstić information content (AvgIpc) is 2.76. The van der Waals surface area contributed by atoms with E-state index in [4.69, 9.17) is 9.84 Å². The number of phenolic OH excluding ortho intramolecular Hbond substituents is 1. The summed E-state index contributed by atoms with van der Waals surface area (Å²) < 4.78 is 5.65. The minimum absolute atomic E-state index is 0.0503. The molecular formula is C27H36N4O3. The zero-order valence-corrected chi connectivity index (χ0v) is 20.8. The maximum absolute atomic E-state index is 10.7. The van der Waals surface area contributed by atoms with Gasteiger partial charge in [0.2, 0.25) is 0 Å². The van der Waals surface area contributed by atoms with Crippen molar-refractivity contribution in [3.63, 3.8) is 0 Å². The van der Waals surface area contributed by atoms with Crippen molar-refractivity contribution in [2.24, 2.45) is 0 Å². The third kappa shape index (κ3) is 5.42. The number of aliphatic hydroxyl groups excluding tert-OH is 1. The lowest BCUT2D eigenvalue weighted by molar-refractivity contribution is 0.160. The molecular weight excluding hydrogens is 428 g/mol. The van der Waals surface area contributed by atoms with Crippen LogP contribution in [0.25, 0.3) is 22.0 Å². The van der Waals surface area contributed by atoms with Crippen molar-refractivity contribution in [2.45, 2.75) is 64.1 Å². The third-order valence-electron chi connectivity index (χ3n) is 6.50. The second-order valence-electron chi connectivity index (χ2n) is 10.6. The van der Waals surface area contributed by atoms with Crippen LogP contribution < -0.4 is 15.0 Å². The van der Waals surface area contributed by atoms with Gasteiger partial charge in [-0.25, -0.2) is 0 Å². The molecule has 3 aromatic rings. The van der Waals surface area contributed by atoms with Crippen molar-refractivity contribution in [1.82, 2.24) is 15.5 Å². The Labute approximate surface area is 201 Å². The molecule has 0 saturated carbocycles. The molecule has 0 atom stereocenters. The second-order valence-corrected chi connectivity index (χ2v) is 10.6. The van der Waals surface area contributed by atoms with Crippen molar-refractivity contribution in [3.05, 3.63) is 42.5 Å². The monoisotopic (exact) mass is 464 g/mol. The number of phenols is 1. The van der Waals surface area contributed by atoms with Crippen LogP contribution in [0.1, 0.15) is 47.0 Å². The number of nitrogens with zero attached hydrogens (tertiary/aromatic N) is 3. The van der Waals surface area contributed by atoms with Crippen molar-refractivity contribution >= 4 is 16.6 Å². The highest BCUT2D eigenvalue weighted by molar-refractivity contribution is 5.90. The van der Waals surface area contributed by atoms with Gasteiger partial charge in [-0.15, -0.1) is 10.2 Å². The van der Waals surface area contributed by atoms with E-state index in [9.17, 15) is 5.11 Å². The van der Waals surface area contributed by atoms with Gasteiger partial charge in [-0.1, -0.05) is 6.07 Å². The molecule has 0 amide bonds. The number of hydrogen-bond donors (Lipinski definition) is 3. The smallest absolute Gasteiger partial charge is 0.151 e. The Kier molecular flexibility index (Phi) is 6.69. The van der Waals surface area contributed by atoms with Crippen LogP contribution in [0.15, 0.2) is 42.5 Å². The molecule has 2 heterocycles. The number of aliphatic hydroxyl groups is 1. The Morgan fingerprint density at radius 3 is 2.38 bits per heavy atom. The maximum atomic E-state index is 10.7. The maximum Gasteiger partial charge on any atom is 0.151 e. The van der Waals surface area contributed by atoms with E-state index in [0.717, 1.165) is 29.4 Å². The molecule has 34 heavy (non-hydrogen) atoms. The van der Waals surface area contributed by atoms with Crippen molar-refractivity contribution in [3.8, 4) is 22.8 Å². The molecule has 0 spiro atoms. The number of hydrogen-bond acceptors (Lipinski definition) is 7. The number of anilines is 1. The van der Waals surface area contributed by atoms with E-state index in [2.05, 4.69) is 55.2 Å². The van der Waals surface area contributed by atoms with Crippen LogP contribution in [0.2, 0.25) is 0 Å². The van der Waals surface area contributed by atoms with Crippen LogP contribution in [-0.4, -0.2) is 57.8 Å². The van der Waals surface area contributed by atoms with Gasteiger partial charge in [-0.05, 0) is 87.7 Å². The molecule has 0 radical (unpaired) electrons. The predicted molar refractivity (Wildman–Crippen MR) is 137 cm³/mol. The molecule has 3 N–H and O–H groups in total. The zero-order valence-electron chi connectivity index (χ0n) is 20.8. The first-order chi connectivity index (χ1) is 16.1. The number of aromatic hydroxyl groups is 1. The predicted octanol–water partition coefficient (Wildman–Crippen LogP) is 4.51. The summed E-state index contributed by atoms with van der Waals surface area (Å²) in [5, 5.41) is 34.2. The molecule has 0 unspecified atom stereocenters. The Bertz CT molecular complexity index is 1130. The van der Waals surface area contributed by atoms with E-state index < -0.39 is 0 Å². The van der Waals surface area contributed by atoms with Crippen LogP contribution in [0, 0.1) is 0 Å². The number of piperidine rings is 1. The molecule has 4 rings (SSSR count). The average molecular weight is 465 g/mol. The number of nitrogens with one attached hydrogen (secondary N) is 1. The van der Waals surface area contributed by atoms with E-state index in [1.54, 1.807) is 6.07 Å². The Morgan fingerprint density at radius 2 is 1.74 bits per heavy atom. The molecule has 1 saturated heterocycles. The summed E-state index contributed by atoms with van der Waals surface area (Å²) in [5.74, 6) is 1.69. The molecule has 0 aliphatic carbocycles. The van der Waals surface area contributed by atoms with Gasteiger partial charge in [0.15, 0.2) is 5.82 Å². The normalized spacial score (nSPS) is 17.6. The van der Waals surface area contributed by atoms with Crippen LogP contribution in [0.3, 0.4) is 0 Å². The molecule has 2 aromatic carbocycles. The minimum Gasteiger partial charge on any atom is -0.507 e. The Morgan fingerprint density at radius 1 is 1.00 bits per heavy atom. The summed E-state index contributed by atoms with van der Waals surface area (Å²) in [6.45, 7) is 9.54. The number of ether oxygens (including phenoxy) is 1. The minimum atomic E-state index is 0.0503. The first-order valence-corrected chi connectivity index (χ1v) is 11.9. The van der Waals surface area contributed by atoms with Gasteiger partial charge < -0.3 is 25.2 Å². The molecule has 1 fully saturated rings. The highest BCUT2D eigenvalue weighted by Crippen LogP contribution is 2.35. The van der Waals surface area contributed by atoms with Gasteiger partial charge in [-0.2, -0.15) is 0 Å². The highest BCUT2D eigenvalue weighted by atomic mass is 16.5. The largest absolute Gasteiger partial charge is 0.507 e. The van der Waals surface area contributed by atoms with Crippen LogP contribution >= 0.6 is 0 Å². The number of fused-ring (bicyclic) bond motifs is 1. The summed E-state index contributed by atoms with van der Waals surface area (Å²) in [6.07, 6.45) is 2.63. The molecule has 1 aromatic heterocycles. The summed E-state index contributed by atoms with van der Waals surface area (Å²) >= 11 is 0. The van der Waals surface area contributed by atoms with Crippen LogP contribution in [-0.2, 0) is 0 Å². The fraction of sp³-hybridized carbons (Fsp3) is 0.481. The molecule has 0 bridgehead atoms. The van der Waals surface area contributed by atoms with Gasteiger partial charge >= 0.3 is 0 Å². The zero-order chi connectivity index (χ0) is 24.5. The molecule has 1 aliphatic heterocycles. The SMILES string of the molecule is CN(c1ccc(-c2cc3ccc(OCCCO)cc3cc2O)nn1)C1CC(C)(C)NC(C)(C)C1. The van der Waals surface area contributed by atoms with Gasteiger partial charge in [0, 0.05) is 42.8 Å². The van der Waals surface area contributed by atoms with Crippen LogP contribution in [0.5, 0.6) is 11.5 Å². The fourth-order valence-corrected chi connectivity index (χ4v) is 5.20. The lowest BCUT2D eigenvalue weighted by atomic mass is 9.79. The highest BCUT2D eigenvalue weighted by Gasteiger charge is 2.39. The lowest BCUT2D eigenvalue weighted by Crippen LogP contribution is -2.62. The van der Waals surface area contributed by atoms with E-state index >= 15 is 0 Å². The van der Waals surface area contributed by atoms with E-state index in [-0.39, 0.29) is 23.4 Å². The third-order valence-corrected chi connectivity index (χ3v) is 6.50. The van der Waals surface area contributed by atoms with Crippen molar-refractivity contribution < 1.29 is 14.9 Å². The first kappa shape index (κ1) is 24.2. The summed E-state index contributed by atoms with van der Waals surface area (Å²) in [4.78, 5) is 2.22.